The van der Waals surface area contributed by atoms with Crippen LogP contribution in [0.3, 0.4) is 0 Å². The highest BCUT2D eigenvalue weighted by Crippen LogP contribution is 2.13. The van der Waals surface area contributed by atoms with Crippen LogP contribution in [-0.2, 0) is 0 Å². The minimum Gasteiger partial charge on any atom is -0.192 e. The first-order valence-corrected chi connectivity index (χ1v) is 9.26. The topological polar surface area (TPSA) is 23.8 Å². The second-order valence-corrected chi connectivity index (χ2v) is 5.98. The molecule has 3 rings (SSSR count). The van der Waals surface area contributed by atoms with Crippen LogP contribution in [0.1, 0.15) is 47.2 Å². The molecule has 0 heterocycles. The third-order valence-corrected chi connectivity index (χ3v) is 3.95. The van der Waals surface area contributed by atoms with E-state index in [4.69, 9.17) is 5.26 Å². The van der Waals surface area contributed by atoms with E-state index in [9.17, 15) is 0 Å². The van der Waals surface area contributed by atoms with Crippen molar-refractivity contribution in [3.05, 3.63) is 106 Å². The highest BCUT2D eigenvalue weighted by atomic mass is 14.2. The molecule has 0 amide bonds. The van der Waals surface area contributed by atoms with Gasteiger partial charge >= 0.3 is 0 Å². The van der Waals surface area contributed by atoms with Crippen molar-refractivity contribution in [3.63, 3.8) is 0 Å². The second kappa shape index (κ2) is 10.6. The summed E-state index contributed by atoms with van der Waals surface area (Å²) in [7, 11) is 0. The first kappa shape index (κ1) is 19.9. The molecule has 1 heteroatoms. The van der Waals surface area contributed by atoms with Crippen molar-refractivity contribution in [2.45, 2.75) is 20.8 Å². The molecular weight excluding hydrogens is 326 g/mol. The van der Waals surface area contributed by atoms with Crippen molar-refractivity contribution in [2.75, 3.05) is 0 Å². The van der Waals surface area contributed by atoms with Gasteiger partial charge in [-0.3, -0.25) is 0 Å². The van der Waals surface area contributed by atoms with E-state index in [2.05, 4.69) is 85.8 Å². The molecule has 0 radical (unpaired) electrons. The lowest BCUT2D eigenvalue weighted by molar-refractivity contribution is 1.46. The fourth-order valence-electron chi connectivity index (χ4n) is 2.55. The maximum atomic E-state index is 8.82. The lowest BCUT2D eigenvalue weighted by atomic mass is 10.1. The van der Waals surface area contributed by atoms with Gasteiger partial charge in [0.05, 0.1) is 11.6 Å². The SMILES string of the molecule is CC.Cc1cccc(/C=C/c2ccc(/C=C/c3ccc(C#N)cc3)cc2)c1. The largest absolute Gasteiger partial charge is 0.192 e. The van der Waals surface area contributed by atoms with Gasteiger partial charge in [-0.15, -0.1) is 0 Å². The minimum absolute atomic E-state index is 0.682. The molecule has 3 aromatic rings. The number of nitrogens with zero attached hydrogens (tertiary/aromatic N) is 1. The summed E-state index contributed by atoms with van der Waals surface area (Å²) < 4.78 is 0. The number of nitriles is 1. The molecule has 0 saturated carbocycles. The van der Waals surface area contributed by atoms with E-state index < -0.39 is 0 Å². The highest BCUT2D eigenvalue weighted by molar-refractivity contribution is 5.73. The molecule has 0 atom stereocenters. The average molecular weight is 351 g/mol. The van der Waals surface area contributed by atoms with E-state index in [1.807, 2.05) is 38.1 Å². The zero-order valence-electron chi connectivity index (χ0n) is 16.2. The van der Waals surface area contributed by atoms with Gasteiger partial charge in [0.1, 0.15) is 0 Å². The van der Waals surface area contributed by atoms with Gasteiger partial charge in [0.15, 0.2) is 0 Å². The lowest BCUT2D eigenvalue weighted by Crippen LogP contribution is -1.77. The summed E-state index contributed by atoms with van der Waals surface area (Å²) >= 11 is 0. The Kier molecular flexibility index (Phi) is 7.82. The van der Waals surface area contributed by atoms with Crippen LogP contribution in [0.5, 0.6) is 0 Å². The Balaban J connectivity index is 0.00000126. The normalized spacial score (nSPS) is 10.4. The van der Waals surface area contributed by atoms with Gasteiger partial charge in [0.2, 0.25) is 0 Å². The van der Waals surface area contributed by atoms with E-state index >= 15 is 0 Å². The molecule has 0 saturated heterocycles. The lowest BCUT2D eigenvalue weighted by Gasteiger charge is -1.98. The quantitative estimate of drug-likeness (QED) is 0.455. The predicted molar refractivity (Wildman–Crippen MR) is 118 cm³/mol. The highest BCUT2D eigenvalue weighted by Gasteiger charge is 1.92. The zero-order chi connectivity index (χ0) is 19.5. The van der Waals surface area contributed by atoms with Gasteiger partial charge in [-0.25, -0.2) is 0 Å². The van der Waals surface area contributed by atoms with E-state index in [0.29, 0.717) is 5.56 Å². The number of benzene rings is 3. The molecule has 27 heavy (non-hydrogen) atoms. The molecular formula is C26H25N. The number of hydrogen-bond donors (Lipinski definition) is 0. The molecule has 0 N–H and O–H groups in total. The maximum Gasteiger partial charge on any atom is 0.0991 e. The van der Waals surface area contributed by atoms with Gasteiger partial charge in [-0.05, 0) is 41.3 Å². The maximum absolute atomic E-state index is 8.82. The third-order valence-electron chi connectivity index (χ3n) is 3.95. The average Bonchev–Trinajstić information content (AvgIpc) is 2.73. The van der Waals surface area contributed by atoms with Gasteiger partial charge < -0.3 is 0 Å². The summed E-state index contributed by atoms with van der Waals surface area (Å²) in [5.41, 5.74) is 6.58. The van der Waals surface area contributed by atoms with E-state index in [1.54, 1.807) is 0 Å². The van der Waals surface area contributed by atoms with Crippen molar-refractivity contribution in [1.82, 2.24) is 0 Å². The molecule has 1 nitrogen and oxygen atoms in total. The first-order chi connectivity index (χ1) is 13.2. The van der Waals surface area contributed by atoms with Crippen LogP contribution in [0.15, 0.2) is 72.8 Å². The Morgan fingerprint density at radius 2 is 1.07 bits per heavy atom. The molecule has 3 aromatic carbocycles. The summed E-state index contributed by atoms with van der Waals surface area (Å²) in [6, 6.07) is 26.6. The summed E-state index contributed by atoms with van der Waals surface area (Å²) in [4.78, 5) is 0. The van der Waals surface area contributed by atoms with Crippen molar-refractivity contribution in [2.24, 2.45) is 0 Å². The fraction of sp³-hybridized carbons (Fsp3) is 0.115. The molecule has 0 unspecified atom stereocenters. The zero-order valence-corrected chi connectivity index (χ0v) is 16.2. The second-order valence-electron chi connectivity index (χ2n) is 5.98. The van der Waals surface area contributed by atoms with Crippen LogP contribution in [-0.4, -0.2) is 0 Å². The molecule has 0 aliphatic carbocycles. The Bertz CT molecular complexity index is 937. The monoisotopic (exact) mass is 351 g/mol. The van der Waals surface area contributed by atoms with Crippen molar-refractivity contribution >= 4 is 24.3 Å². The van der Waals surface area contributed by atoms with Gasteiger partial charge in [-0.2, -0.15) is 5.26 Å². The van der Waals surface area contributed by atoms with E-state index in [1.165, 1.54) is 16.7 Å². The van der Waals surface area contributed by atoms with E-state index in [-0.39, 0.29) is 0 Å². The van der Waals surface area contributed by atoms with Crippen molar-refractivity contribution in [1.29, 1.82) is 5.26 Å². The van der Waals surface area contributed by atoms with Crippen LogP contribution >= 0.6 is 0 Å². The van der Waals surface area contributed by atoms with Gasteiger partial charge in [-0.1, -0.05) is 104 Å². The molecule has 0 aliphatic rings. The first-order valence-electron chi connectivity index (χ1n) is 9.26. The molecule has 0 fully saturated rings. The smallest absolute Gasteiger partial charge is 0.0991 e. The molecule has 0 bridgehead atoms. The number of aryl methyl sites for hydroxylation is 1. The Morgan fingerprint density at radius 3 is 1.52 bits per heavy atom. The number of rotatable bonds is 4. The summed E-state index contributed by atoms with van der Waals surface area (Å²) in [5.74, 6) is 0. The van der Waals surface area contributed by atoms with Gasteiger partial charge in [0, 0.05) is 0 Å². The van der Waals surface area contributed by atoms with Crippen molar-refractivity contribution < 1.29 is 0 Å². The Morgan fingerprint density at radius 1 is 0.630 bits per heavy atom. The molecule has 0 spiro atoms. The number of hydrogen-bond acceptors (Lipinski definition) is 1. The molecule has 0 aliphatic heterocycles. The molecule has 0 aromatic heterocycles. The minimum atomic E-state index is 0.682. The Labute approximate surface area is 162 Å². The van der Waals surface area contributed by atoms with Crippen LogP contribution < -0.4 is 0 Å². The van der Waals surface area contributed by atoms with Crippen LogP contribution in [0.4, 0.5) is 0 Å². The summed E-state index contributed by atoms with van der Waals surface area (Å²) in [6.07, 6.45) is 8.39. The van der Waals surface area contributed by atoms with Crippen LogP contribution in [0.2, 0.25) is 0 Å². The molecule has 134 valence electrons. The van der Waals surface area contributed by atoms with Crippen LogP contribution in [0, 0.1) is 18.3 Å². The fourth-order valence-corrected chi connectivity index (χ4v) is 2.55. The third kappa shape index (κ3) is 6.45. The summed E-state index contributed by atoms with van der Waals surface area (Å²) in [5, 5.41) is 8.82. The predicted octanol–water partition coefficient (Wildman–Crippen LogP) is 7.23. The standard InChI is InChI=1S/C24H19N.C2H6/c1-19-3-2-4-23(17-19)14-11-21-8-5-20(6-9-21)7-10-22-12-15-24(18-25)16-13-22;1-2/h2-17H,1H3;1-2H3/b10-7+,14-11+;. The van der Waals surface area contributed by atoms with E-state index in [0.717, 1.165) is 11.1 Å². The summed E-state index contributed by atoms with van der Waals surface area (Å²) in [6.45, 7) is 6.10. The van der Waals surface area contributed by atoms with Gasteiger partial charge in [0.25, 0.3) is 0 Å². The Hall–Kier alpha value is -3.37. The van der Waals surface area contributed by atoms with Crippen molar-refractivity contribution in [3.8, 4) is 6.07 Å². The van der Waals surface area contributed by atoms with Crippen LogP contribution in [0.25, 0.3) is 24.3 Å².